The minimum absolute atomic E-state index is 0.134. The van der Waals surface area contributed by atoms with Gasteiger partial charge in [0.25, 0.3) is 0 Å². The van der Waals surface area contributed by atoms with E-state index in [1.165, 1.54) is 41.3 Å². The van der Waals surface area contributed by atoms with Crippen molar-refractivity contribution < 1.29 is 19.8 Å². The molecule has 128 valence electrons. The largest absolute Gasteiger partial charge is 0.507 e. The van der Waals surface area contributed by atoms with Crippen LogP contribution < -0.4 is 5.32 Å². The molecule has 0 saturated carbocycles. The smallest absolute Gasteiger partial charge is 0.339 e. The highest BCUT2D eigenvalue weighted by Gasteiger charge is 2.12. The topological polar surface area (TPSA) is 99.5 Å². The number of rotatable bonds is 5. The highest BCUT2D eigenvalue weighted by atomic mass is 35.5. The Balaban J connectivity index is 1.62. The van der Waals surface area contributed by atoms with Gasteiger partial charge in [0.2, 0.25) is 5.91 Å². The Labute approximate surface area is 155 Å². The Morgan fingerprint density at radius 3 is 2.76 bits per heavy atom. The minimum atomic E-state index is -1.23. The molecule has 0 bridgehead atoms. The first-order valence-electron chi connectivity index (χ1n) is 6.97. The molecule has 1 aromatic heterocycles. The number of fused-ring (bicyclic) bond motifs is 1. The molecule has 3 rings (SSSR count). The van der Waals surface area contributed by atoms with Crippen LogP contribution in [0.15, 0.2) is 40.7 Å². The van der Waals surface area contributed by atoms with Gasteiger partial charge < -0.3 is 15.5 Å². The molecule has 9 heteroatoms. The molecule has 6 nitrogen and oxygen atoms in total. The number of carboxylic acids is 1. The zero-order valence-corrected chi connectivity index (χ0v) is 14.9. The summed E-state index contributed by atoms with van der Waals surface area (Å²) < 4.78 is 1.73. The summed E-state index contributed by atoms with van der Waals surface area (Å²) in [5.41, 5.74) is 0.888. The highest BCUT2D eigenvalue weighted by Crippen LogP contribution is 2.31. The van der Waals surface area contributed by atoms with Gasteiger partial charge in [-0.05, 0) is 30.3 Å². The third kappa shape index (κ3) is 4.22. The first-order chi connectivity index (χ1) is 11.9. The summed E-state index contributed by atoms with van der Waals surface area (Å²) in [5, 5.41) is 21.7. The van der Waals surface area contributed by atoms with Crippen LogP contribution in [0.1, 0.15) is 10.4 Å². The standard InChI is InChI=1S/C16H11ClN2O4S2/c17-8-1-4-13-11(5-8)19-16(25-13)24-7-14(21)18-9-2-3-10(15(22)23)12(20)6-9/h1-6,20H,7H2,(H,18,21)(H,22,23). The van der Waals surface area contributed by atoms with Crippen LogP contribution in [0, 0.1) is 0 Å². The molecule has 1 heterocycles. The first kappa shape index (κ1) is 17.5. The van der Waals surface area contributed by atoms with E-state index in [2.05, 4.69) is 10.3 Å². The maximum absolute atomic E-state index is 12.0. The van der Waals surface area contributed by atoms with Crippen molar-refractivity contribution in [2.24, 2.45) is 0 Å². The Hall–Kier alpha value is -2.29. The summed E-state index contributed by atoms with van der Waals surface area (Å²) in [5.74, 6) is -1.79. The van der Waals surface area contributed by atoms with Crippen LogP contribution >= 0.6 is 34.7 Å². The molecule has 0 saturated heterocycles. The Morgan fingerprint density at radius 1 is 1.24 bits per heavy atom. The van der Waals surface area contributed by atoms with Crippen molar-refractivity contribution in [3.63, 3.8) is 0 Å². The molecule has 25 heavy (non-hydrogen) atoms. The van der Waals surface area contributed by atoms with Crippen molar-refractivity contribution in [2.75, 3.05) is 11.1 Å². The fourth-order valence-corrected chi connectivity index (χ4v) is 4.07. The molecule has 0 atom stereocenters. The molecule has 0 radical (unpaired) electrons. The number of nitrogens with one attached hydrogen (secondary N) is 1. The second-order valence-corrected chi connectivity index (χ2v) is 7.66. The van der Waals surface area contributed by atoms with E-state index in [0.29, 0.717) is 10.7 Å². The number of aromatic nitrogens is 1. The number of thiazole rings is 1. The lowest BCUT2D eigenvalue weighted by Crippen LogP contribution is -2.14. The van der Waals surface area contributed by atoms with Crippen molar-refractivity contribution in [1.82, 2.24) is 4.98 Å². The van der Waals surface area contributed by atoms with E-state index in [-0.39, 0.29) is 17.2 Å². The average Bonchev–Trinajstić information content (AvgIpc) is 2.94. The third-order valence-electron chi connectivity index (χ3n) is 3.17. The second kappa shape index (κ2) is 7.30. The van der Waals surface area contributed by atoms with Crippen molar-refractivity contribution >= 4 is 62.5 Å². The number of carboxylic acid groups (broad SMARTS) is 1. The zero-order chi connectivity index (χ0) is 18.0. The van der Waals surface area contributed by atoms with E-state index in [9.17, 15) is 14.7 Å². The molecule has 0 unspecified atom stereocenters. The quantitative estimate of drug-likeness (QED) is 0.564. The number of halogens is 1. The number of carbonyl (C=O) groups is 2. The summed E-state index contributed by atoms with van der Waals surface area (Å²) in [6.07, 6.45) is 0. The summed E-state index contributed by atoms with van der Waals surface area (Å²) in [4.78, 5) is 27.3. The molecule has 3 aromatic rings. The van der Waals surface area contributed by atoms with Gasteiger partial charge in [-0.1, -0.05) is 23.4 Å². The molecular formula is C16H11ClN2O4S2. The van der Waals surface area contributed by atoms with Gasteiger partial charge in [-0.15, -0.1) is 11.3 Å². The van der Waals surface area contributed by atoms with Gasteiger partial charge in [0.05, 0.1) is 16.0 Å². The maximum atomic E-state index is 12.0. The van der Waals surface area contributed by atoms with Crippen LogP contribution in [0.25, 0.3) is 10.2 Å². The molecule has 1 amide bonds. The van der Waals surface area contributed by atoms with Gasteiger partial charge in [0, 0.05) is 16.8 Å². The molecule has 0 aliphatic rings. The number of anilines is 1. The Kier molecular flexibility index (Phi) is 5.12. The molecule has 3 N–H and O–H groups in total. The fraction of sp³-hybridized carbons (Fsp3) is 0.0625. The summed E-state index contributed by atoms with van der Waals surface area (Å²) in [6, 6.07) is 9.29. The van der Waals surface area contributed by atoms with E-state index in [1.54, 1.807) is 12.1 Å². The summed E-state index contributed by atoms with van der Waals surface area (Å²) in [6.45, 7) is 0. The number of benzene rings is 2. The lowest BCUT2D eigenvalue weighted by Gasteiger charge is -2.06. The van der Waals surface area contributed by atoms with Crippen LogP contribution in [0.4, 0.5) is 5.69 Å². The van der Waals surface area contributed by atoms with Crippen molar-refractivity contribution in [1.29, 1.82) is 0 Å². The molecule has 2 aromatic carbocycles. The summed E-state index contributed by atoms with van der Waals surface area (Å²) >= 11 is 8.68. The summed E-state index contributed by atoms with van der Waals surface area (Å²) in [7, 11) is 0. The van der Waals surface area contributed by atoms with Gasteiger partial charge in [-0.2, -0.15) is 0 Å². The number of amides is 1. The fourth-order valence-electron chi connectivity index (χ4n) is 2.06. The highest BCUT2D eigenvalue weighted by molar-refractivity contribution is 8.01. The van der Waals surface area contributed by atoms with E-state index >= 15 is 0 Å². The molecule has 0 aliphatic carbocycles. The number of aromatic hydroxyl groups is 1. The van der Waals surface area contributed by atoms with Crippen LogP contribution in [0.5, 0.6) is 5.75 Å². The predicted molar refractivity (Wildman–Crippen MR) is 99.0 cm³/mol. The van der Waals surface area contributed by atoms with Gasteiger partial charge in [-0.25, -0.2) is 9.78 Å². The third-order valence-corrected chi connectivity index (χ3v) is 5.58. The van der Waals surface area contributed by atoms with E-state index in [1.807, 2.05) is 6.07 Å². The van der Waals surface area contributed by atoms with Gasteiger partial charge in [0.15, 0.2) is 4.34 Å². The minimum Gasteiger partial charge on any atom is -0.507 e. The van der Waals surface area contributed by atoms with E-state index in [4.69, 9.17) is 16.7 Å². The number of carbonyl (C=O) groups excluding carboxylic acids is 1. The number of aromatic carboxylic acids is 1. The van der Waals surface area contributed by atoms with Crippen LogP contribution in [0.3, 0.4) is 0 Å². The normalized spacial score (nSPS) is 10.8. The van der Waals surface area contributed by atoms with Gasteiger partial charge >= 0.3 is 5.97 Å². The second-order valence-electron chi connectivity index (χ2n) is 4.97. The predicted octanol–water partition coefficient (Wildman–Crippen LogP) is 4.08. The van der Waals surface area contributed by atoms with Crippen molar-refractivity contribution in [3.05, 3.63) is 47.0 Å². The van der Waals surface area contributed by atoms with Crippen LogP contribution in [0.2, 0.25) is 5.02 Å². The number of thioether (sulfide) groups is 1. The number of hydrogen-bond acceptors (Lipinski definition) is 6. The first-order valence-corrected chi connectivity index (χ1v) is 9.15. The lowest BCUT2D eigenvalue weighted by atomic mass is 10.2. The Bertz CT molecular complexity index is 974. The SMILES string of the molecule is O=C(CSc1nc2cc(Cl)ccc2s1)Nc1ccc(C(=O)O)c(O)c1. The van der Waals surface area contributed by atoms with Crippen LogP contribution in [-0.2, 0) is 4.79 Å². The molecule has 0 fully saturated rings. The maximum Gasteiger partial charge on any atom is 0.339 e. The molecular weight excluding hydrogens is 384 g/mol. The van der Waals surface area contributed by atoms with E-state index in [0.717, 1.165) is 14.6 Å². The molecule has 0 aliphatic heterocycles. The van der Waals surface area contributed by atoms with Gasteiger partial charge in [-0.3, -0.25) is 4.79 Å². The van der Waals surface area contributed by atoms with E-state index < -0.39 is 11.7 Å². The molecule has 0 spiro atoms. The number of nitrogens with zero attached hydrogens (tertiary/aromatic N) is 1. The Morgan fingerprint density at radius 2 is 2.04 bits per heavy atom. The monoisotopic (exact) mass is 394 g/mol. The zero-order valence-electron chi connectivity index (χ0n) is 12.5. The van der Waals surface area contributed by atoms with Crippen molar-refractivity contribution in [2.45, 2.75) is 4.34 Å². The average molecular weight is 395 g/mol. The number of hydrogen-bond donors (Lipinski definition) is 3. The van der Waals surface area contributed by atoms with Crippen LogP contribution in [-0.4, -0.2) is 32.8 Å². The van der Waals surface area contributed by atoms with Crippen molar-refractivity contribution in [3.8, 4) is 5.75 Å². The lowest BCUT2D eigenvalue weighted by molar-refractivity contribution is -0.113. The number of phenols is 1. The van der Waals surface area contributed by atoms with Gasteiger partial charge in [0.1, 0.15) is 11.3 Å².